The molecule has 0 atom stereocenters. The number of aromatic nitrogens is 2. The van der Waals surface area contributed by atoms with E-state index in [2.05, 4.69) is 19.8 Å². The van der Waals surface area contributed by atoms with Gasteiger partial charge in [-0.3, -0.25) is 14.6 Å². The van der Waals surface area contributed by atoms with Crippen LogP contribution in [0.15, 0.2) is 41.3 Å². The van der Waals surface area contributed by atoms with Crippen molar-refractivity contribution in [2.75, 3.05) is 44.2 Å². The van der Waals surface area contributed by atoms with E-state index >= 15 is 0 Å². The van der Waals surface area contributed by atoms with E-state index in [0.29, 0.717) is 12.6 Å². The third-order valence-corrected chi connectivity index (χ3v) is 5.44. The molecule has 26 heavy (non-hydrogen) atoms. The Morgan fingerprint density at radius 1 is 1.08 bits per heavy atom. The number of likely N-dealkylation sites (tertiary alicyclic amines) is 1. The topological polar surface area (TPSA) is 44.6 Å². The van der Waals surface area contributed by atoms with Crippen LogP contribution in [-0.4, -0.2) is 64.9 Å². The molecule has 1 aromatic heterocycles. The molecule has 2 aliphatic rings. The van der Waals surface area contributed by atoms with Gasteiger partial charge in [0, 0.05) is 76.4 Å². The van der Waals surface area contributed by atoms with Gasteiger partial charge < -0.3 is 4.90 Å². The van der Waals surface area contributed by atoms with Gasteiger partial charge in [0.1, 0.15) is 5.82 Å². The first kappa shape index (κ1) is 17.2. The van der Waals surface area contributed by atoms with Crippen LogP contribution in [0.3, 0.4) is 0 Å². The lowest BCUT2D eigenvalue weighted by Crippen LogP contribution is -2.62. The van der Waals surface area contributed by atoms with Crippen LogP contribution in [0.25, 0.3) is 0 Å². The van der Waals surface area contributed by atoms with Gasteiger partial charge in [0.25, 0.3) is 5.56 Å². The van der Waals surface area contributed by atoms with Gasteiger partial charge in [0.05, 0.1) is 0 Å². The summed E-state index contributed by atoms with van der Waals surface area (Å²) in [6.07, 6.45) is 1.68. The number of benzene rings is 1. The minimum atomic E-state index is -0.189. The number of nitrogens with zero attached hydrogens (tertiary/aromatic N) is 5. The molecule has 3 heterocycles. The van der Waals surface area contributed by atoms with Crippen LogP contribution in [0.4, 0.5) is 10.1 Å². The van der Waals surface area contributed by atoms with E-state index in [-0.39, 0.29) is 11.4 Å². The minimum absolute atomic E-state index is 0.0103. The number of anilines is 1. The lowest BCUT2D eigenvalue weighted by atomic mass is 10.0. The van der Waals surface area contributed by atoms with Gasteiger partial charge in [-0.2, -0.15) is 5.10 Å². The van der Waals surface area contributed by atoms with Crippen LogP contribution in [0.1, 0.15) is 5.56 Å². The first-order valence-corrected chi connectivity index (χ1v) is 9.08. The number of hydrogen-bond donors (Lipinski definition) is 0. The van der Waals surface area contributed by atoms with E-state index in [1.54, 1.807) is 13.2 Å². The molecule has 2 aromatic rings. The monoisotopic (exact) mass is 357 g/mol. The smallest absolute Gasteiger partial charge is 0.270 e. The molecule has 0 bridgehead atoms. The number of rotatable bonds is 4. The standard InChI is InChI=1S/C19H24FN5O/c1-22-19(26)15(6-7-21-22)12-23-13-18(14-23)25-10-8-24(9-11-25)17-4-2-16(20)3-5-17/h2-7,18H,8-14H2,1H3. The fourth-order valence-electron chi connectivity index (χ4n) is 3.82. The Morgan fingerprint density at radius 2 is 1.77 bits per heavy atom. The van der Waals surface area contributed by atoms with E-state index < -0.39 is 0 Å². The van der Waals surface area contributed by atoms with Gasteiger partial charge in [0.15, 0.2) is 0 Å². The molecule has 2 fully saturated rings. The molecule has 1 aromatic carbocycles. The van der Waals surface area contributed by atoms with E-state index in [4.69, 9.17) is 0 Å². The van der Waals surface area contributed by atoms with Crippen LogP contribution in [0, 0.1) is 5.82 Å². The second kappa shape index (κ2) is 7.17. The summed E-state index contributed by atoms with van der Waals surface area (Å²) in [5.74, 6) is -0.189. The van der Waals surface area contributed by atoms with Crippen molar-refractivity contribution in [1.82, 2.24) is 19.6 Å². The zero-order valence-corrected chi connectivity index (χ0v) is 15.0. The Bertz CT molecular complexity index is 807. The number of halogens is 1. The predicted molar refractivity (Wildman–Crippen MR) is 98.7 cm³/mol. The predicted octanol–water partition coefficient (Wildman–Crippen LogP) is 0.926. The third kappa shape index (κ3) is 3.50. The fourth-order valence-corrected chi connectivity index (χ4v) is 3.82. The van der Waals surface area contributed by atoms with E-state index in [1.807, 2.05) is 18.2 Å². The summed E-state index contributed by atoms with van der Waals surface area (Å²) in [4.78, 5) is 19.2. The third-order valence-electron chi connectivity index (χ3n) is 5.44. The molecule has 6 nitrogen and oxygen atoms in total. The van der Waals surface area contributed by atoms with Gasteiger partial charge in [-0.1, -0.05) is 0 Å². The van der Waals surface area contributed by atoms with Crippen molar-refractivity contribution < 1.29 is 4.39 Å². The van der Waals surface area contributed by atoms with E-state index in [9.17, 15) is 9.18 Å². The highest BCUT2D eigenvalue weighted by atomic mass is 19.1. The second-order valence-corrected chi connectivity index (χ2v) is 7.13. The molecule has 0 aliphatic carbocycles. The van der Waals surface area contributed by atoms with Crippen LogP contribution < -0.4 is 10.5 Å². The maximum atomic E-state index is 13.1. The Hall–Kier alpha value is -2.25. The largest absolute Gasteiger partial charge is 0.369 e. The molecule has 0 saturated carbocycles. The SMILES string of the molecule is Cn1nccc(CN2CC(N3CCN(c4ccc(F)cc4)CC3)C2)c1=O. The summed E-state index contributed by atoms with van der Waals surface area (Å²) >= 11 is 0. The summed E-state index contributed by atoms with van der Waals surface area (Å²) in [5.41, 5.74) is 1.89. The first-order valence-electron chi connectivity index (χ1n) is 9.08. The maximum absolute atomic E-state index is 13.1. The van der Waals surface area contributed by atoms with Crippen molar-refractivity contribution in [3.63, 3.8) is 0 Å². The quantitative estimate of drug-likeness (QED) is 0.815. The Morgan fingerprint density at radius 3 is 2.46 bits per heavy atom. The lowest BCUT2D eigenvalue weighted by molar-refractivity contribution is 0.0253. The van der Waals surface area contributed by atoms with Crippen molar-refractivity contribution in [2.45, 2.75) is 12.6 Å². The average molecular weight is 357 g/mol. The van der Waals surface area contributed by atoms with Crippen LogP contribution in [0.2, 0.25) is 0 Å². The number of hydrogen-bond acceptors (Lipinski definition) is 5. The molecule has 0 radical (unpaired) electrons. The Labute approximate surface area is 152 Å². The lowest BCUT2D eigenvalue weighted by Gasteiger charge is -2.48. The summed E-state index contributed by atoms with van der Waals surface area (Å²) in [7, 11) is 1.69. The Kier molecular flexibility index (Phi) is 4.74. The zero-order chi connectivity index (χ0) is 18.1. The molecular formula is C19H24FN5O. The molecule has 138 valence electrons. The molecule has 7 heteroatoms. The van der Waals surface area contributed by atoms with Crippen molar-refractivity contribution >= 4 is 5.69 Å². The van der Waals surface area contributed by atoms with E-state index in [1.165, 1.54) is 16.8 Å². The van der Waals surface area contributed by atoms with Crippen LogP contribution in [-0.2, 0) is 13.6 Å². The summed E-state index contributed by atoms with van der Waals surface area (Å²) < 4.78 is 14.4. The van der Waals surface area contributed by atoms with Crippen molar-refractivity contribution in [3.05, 3.63) is 58.3 Å². The molecule has 0 amide bonds. The molecule has 2 saturated heterocycles. The molecule has 2 aliphatic heterocycles. The zero-order valence-electron chi connectivity index (χ0n) is 15.0. The highest BCUT2D eigenvalue weighted by molar-refractivity contribution is 5.46. The summed E-state index contributed by atoms with van der Waals surface area (Å²) in [6.45, 7) is 6.67. The van der Waals surface area contributed by atoms with Crippen LogP contribution in [0.5, 0.6) is 0 Å². The van der Waals surface area contributed by atoms with Gasteiger partial charge in [0.2, 0.25) is 0 Å². The fraction of sp³-hybridized carbons (Fsp3) is 0.474. The van der Waals surface area contributed by atoms with Crippen molar-refractivity contribution in [3.8, 4) is 0 Å². The summed E-state index contributed by atoms with van der Waals surface area (Å²) in [5, 5.41) is 3.97. The molecule has 4 rings (SSSR count). The molecule has 0 unspecified atom stereocenters. The van der Waals surface area contributed by atoms with Gasteiger partial charge >= 0.3 is 0 Å². The van der Waals surface area contributed by atoms with Crippen molar-refractivity contribution in [2.24, 2.45) is 7.05 Å². The molecule has 0 N–H and O–H groups in total. The highest BCUT2D eigenvalue weighted by Crippen LogP contribution is 2.21. The number of aryl methyl sites for hydroxylation is 1. The Balaban J connectivity index is 1.26. The molecular weight excluding hydrogens is 333 g/mol. The molecule has 0 spiro atoms. The second-order valence-electron chi connectivity index (χ2n) is 7.13. The normalized spacial score (nSPS) is 19.5. The number of piperazine rings is 1. The van der Waals surface area contributed by atoms with Crippen molar-refractivity contribution in [1.29, 1.82) is 0 Å². The summed E-state index contributed by atoms with van der Waals surface area (Å²) in [6, 6.07) is 9.13. The average Bonchev–Trinajstić information content (AvgIpc) is 2.62. The first-order chi connectivity index (χ1) is 12.6. The maximum Gasteiger partial charge on any atom is 0.270 e. The van der Waals surface area contributed by atoms with E-state index in [0.717, 1.165) is 50.5 Å². The minimum Gasteiger partial charge on any atom is -0.369 e. The highest BCUT2D eigenvalue weighted by Gasteiger charge is 2.33. The van der Waals surface area contributed by atoms with Gasteiger partial charge in [-0.05, 0) is 30.3 Å². The van der Waals surface area contributed by atoms with Gasteiger partial charge in [-0.15, -0.1) is 0 Å². The van der Waals surface area contributed by atoms with Gasteiger partial charge in [-0.25, -0.2) is 9.07 Å². The van der Waals surface area contributed by atoms with Crippen LogP contribution >= 0.6 is 0 Å².